The highest BCUT2D eigenvalue weighted by atomic mass is 15.2. The molecule has 86 valence electrons. The van der Waals surface area contributed by atoms with E-state index >= 15 is 0 Å². The van der Waals surface area contributed by atoms with Gasteiger partial charge in [0.2, 0.25) is 5.82 Å². The van der Waals surface area contributed by atoms with Crippen LogP contribution in [-0.4, -0.2) is 35.3 Å². The first-order valence-corrected chi connectivity index (χ1v) is 5.18. The lowest BCUT2D eigenvalue weighted by molar-refractivity contribution is 0.959. The van der Waals surface area contributed by atoms with Crippen molar-refractivity contribution in [2.45, 2.75) is 0 Å². The molecule has 0 aromatic carbocycles. The molecule has 0 aliphatic heterocycles. The van der Waals surface area contributed by atoms with Crippen LogP contribution in [0, 0.1) is 0 Å². The molecule has 0 saturated heterocycles. The molecule has 7 heteroatoms. The highest BCUT2D eigenvalue weighted by Gasteiger charge is 2.12. The fourth-order valence-corrected chi connectivity index (χ4v) is 1.49. The summed E-state index contributed by atoms with van der Waals surface area (Å²) >= 11 is 0. The van der Waals surface area contributed by atoms with Crippen LogP contribution in [0.25, 0.3) is 22.9 Å². The number of rotatable bonds is 2. The summed E-state index contributed by atoms with van der Waals surface area (Å²) in [4.78, 5) is 12.5. The summed E-state index contributed by atoms with van der Waals surface area (Å²) in [6.07, 6.45) is 7.81. The zero-order valence-electron chi connectivity index (χ0n) is 9.17. The Morgan fingerprint density at radius 3 is 2.06 bits per heavy atom. The molecule has 3 aromatic heterocycles. The van der Waals surface area contributed by atoms with E-state index in [0.717, 1.165) is 5.56 Å². The molecule has 0 atom stereocenters. The molecule has 3 aromatic rings. The van der Waals surface area contributed by atoms with Crippen LogP contribution in [0.5, 0.6) is 0 Å². The Morgan fingerprint density at radius 1 is 0.667 bits per heavy atom. The van der Waals surface area contributed by atoms with Gasteiger partial charge >= 0.3 is 0 Å². The van der Waals surface area contributed by atoms with E-state index < -0.39 is 0 Å². The highest BCUT2D eigenvalue weighted by Crippen LogP contribution is 2.23. The first-order valence-electron chi connectivity index (χ1n) is 5.18. The minimum absolute atomic E-state index is 0.431. The van der Waals surface area contributed by atoms with Crippen LogP contribution in [0.15, 0.2) is 43.1 Å². The summed E-state index contributed by atoms with van der Waals surface area (Å²) in [5, 5.41) is 15.5. The van der Waals surface area contributed by atoms with Gasteiger partial charge in [0.25, 0.3) is 0 Å². The molecule has 0 aliphatic carbocycles. The van der Waals surface area contributed by atoms with E-state index in [-0.39, 0.29) is 0 Å². The average molecular weight is 237 g/mol. The van der Waals surface area contributed by atoms with Gasteiger partial charge in [-0.25, -0.2) is 9.97 Å². The SMILES string of the molecule is c1cnc(-c2nccnn2)c(-c2nccnn2)c1. The maximum absolute atomic E-state index is 4.25. The Bertz CT molecular complexity index is 583. The van der Waals surface area contributed by atoms with Crippen molar-refractivity contribution in [3.63, 3.8) is 0 Å². The third-order valence-electron chi connectivity index (χ3n) is 2.23. The minimum Gasteiger partial charge on any atom is -0.252 e. The van der Waals surface area contributed by atoms with Crippen LogP contribution < -0.4 is 0 Å². The largest absolute Gasteiger partial charge is 0.252 e. The molecule has 0 N–H and O–H groups in total. The average Bonchev–Trinajstić information content (AvgIpc) is 2.49. The van der Waals surface area contributed by atoms with Crippen molar-refractivity contribution >= 4 is 0 Å². The molecule has 0 amide bonds. The molecule has 0 radical (unpaired) electrons. The van der Waals surface area contributed by atoms with E-state index in [9.17, 15) is 0 Å². The fraction of sp³-hybridized carbons (Fsp3) is 0. The molecule has 0 unspecified atom stereocenters. The number of hydrogen-bond donors (Lipinski definition) is 0. The van der Waals surface area contributed by atoms with Crippen LogP contribution in [0.1, 0.15) is 0 Å². The summed E-state index contributed by atoms with van der Waals surface area (Å²) < 4.78 is 0. The normalized spacial score (nSPS) is 10.2. The van der Waals surface area contributed by atoms with Gasteiger partial charge in [-0.3, -0.25) is 4.98 Å². The molecular formula is C11H7N7. The molecule has 0 spiro atoms. The van der Waals surface area contributed by atoms with Crippen LogP contribution in [0.2, 0.25) is 0 Å². The third-order valence-corrected chi connectivity index (χ3v) is 2.23. The standard InChI is InChI=1S/C11H7N7/c1-2-8(10-13-4-6-15-17-10)9(12-3-1)11-14-5-7-16-18-11/h1-7H. The van der Waals surface area contributed by atoms with Gasteiger partial charge in [0.1, 0.15) is 5.69 Å². The monoisotopic (exact) mass is 237 g/mol. The van der Waals surface area contributed by atoms with Crippen molar-refractivity contribution in [3.05, 3.63) is 43.1 Å². The number of nitrogens with zero attached hydrogens (tertiary/aromatic N) is 7. The van der Waals surface area contributed by atoms with E-state index in [4.69, 9.17) is 0 Å². The topological polar surface area (TPSA) is 90.2 Å². The third kappa shape index (κ3) is 1.88. The summed E-state index contributed by atoms with van der Waals surface area (Å²) in [6, 6.07) is 3.64. The van der Waals surface area contributed by atoms with Crippen molar-refractivity contribution in [1.29, 1.82) is 0 Å². The van der Waals surface area contributed by atoms with Crippen molar-refractivity contribution < 1.29 is 0 Å². The number of pyridine rings is 1. The van der Waals surface area contributed by atoms with Crippen molar-refractivity contribution in [2.24, 2.45) is 0 Å². The maximum Gasteiger partial charge on any atom is 0.201 e. The van der Waals surface area contributed by atoms with Gasteiger partial charge < -0.3 is 0 Å². The molecule has 0 aliphatic rings. The molecule has 3 heterocycles. The zero-order chi connectivity index (χ0) is 12.2. The Labute approximate surface area is 102 Å². The van der Waals surface area contributed by atoms with Gasteiger partial charge in [0.05, 0.1) is 18.0 Å². The van der Waals surface area contributed by atoms with Crippen molar-refractivity contribution in [2.75, 3.05) is 0 Å². The molecule has 0 bridgehead atoms. The second-order valence-corrected chi connectivity index (χ2v) is 3.33. The van der Waals surface area contributed by atoms with Crippen molar-refractivity contribution in [3.8, 4) is 22.9 Å². The van der Waals surface area contributed by atoms with E-state index in [2.05, 4.69) is 35.3 Å². The number of aromatic nitrogens is 7. The molecule has 3 rings (SSSR count). The fourth-order valence-electron chi connectivity index (χ4n) is 1.49. The molecule has 18 heavy (non-hydrogen) atoms. The smallest absolute Gasteiger partial charge is 0.201 e. The summed E-state index contributed by atoms with van der Waals surface area (Å²) in [7, 11) is 0. The second kappa shape index (κ2) is 4.58. The first-order chi connectivity index (χ1) is 8.95. The maximum atomic E-state index is 4.25. The van der Waals surface area contributed by atoms with E-state index in [1.54, 1.807) is 24.7 Å². The molecule has 0 saturated carbocycles. The quantitative estimate of drug-likeness (QED) is 0.650. The van der Waals surface area contributed by atoms with Gasteiger partial charge in [-0.2, -0.15) is 10.2 Å². The summed E-state index contributed by atoms with van der Waals surface area (Å²) in [6.45, 7) is 0. The van der Waals surface area contributed by atoms with E-state index in [1.807, 2.05) is 6.07 Å². The summed E-state index contributed by atoms with van der Waals surface area (Å²) in [5.41, 5.74) is 1.30. The second-order valence-electron chi connectivity index (χ2n) is 3.33. The van der Waals surface area contributed by atoms with E-state index in [1.165, 1.54) is 12.4 Å². The van der Waals surface area contributed by atoms with Gasteiger partial charge in [-0.05, 0) is 12.1 Å². The predicted octanol–water partition coefficient (Wildman–Crippen LogP) is 0.786. The summed E-state index contributed by atoms with van der Waals surface area (Å²) in [5.74, 6) is 0.911. The Hall–Kier alpha value is -2.83. The zero-order valence-corrected chi connectivity index (χ0v) is 9.17. The van der Waals surface area contributed by atoms with Crippen molar-refractivity contribution in [1.82, 2.24) is 35.3 Å². The Kier molecular flexibility index (Phi) is 2.63. The van der Waals surface area contributed by atoms with Gasteiger partial charge in [0.15, 0.2) is 5.82 Å². The molecule has 0 fully saturated rings. The van der Waals surface area contributed by atoms with Crippen LogP contribution >= 0.6 is 0 Å². The van der Waals surface area contributed by atoms with Crippen LogP contribution in [0.4, 0.5) is 0 Å². The molecule has 7 nitrogen and oxygen atoms in total. The first kappa shape index (κ1) is 10.3. The van der Waals surface area contributed by atoms with Crippen LogP contribution in [-0.2, 0) is 0 Å². The lowest BCUT2D eigenvalue weighted by atomic mass is 10.1. The van der Waals surface area contributed by atoms with E-state index in [0.29, 0.717) is 17.3 Å². The number of hydrogen-bond acceptors (Lipinski definition) is 7. The lowest BCUT2D eigenvalue weighted by Gasteiger charge is -2.03. The highest BCUT2D eigenvalue weighted by molar-refractivity contribution is 5.72. The lowest BCUT2D eigenvalue weighted by Crippen LogP contribution is -1.98. The predicted molar refractivity (Wildman–Crippen MR) is 61.9 cm³/mol. The van der Waals surface area contributed by atoms with Gasteiger partial charge in [-0.1, -0.05) is 0 Å². The molecular weight excluding hydrogens is 230 g/mol. The minimum atomic E-state index is 0.431. The Morgan fingerprint density at radius 2 is 1.39 bits per heavy atom. The van der Waals surface area contributed by atoms with Gasteiger partial charge in [-0.15, -0.1) is 10.2 Å². The van der Waals surface area contributed by atoms with Gasteiger partial charge in [0, 0.05) is 18.6 Å². The van der Waals surface area contributed by atoms with Crippen LogP contribution in [0.3, 0.4) is 0 Å². The Balaban J connectivity index is 2.18.